The molecule has 2 rings (SSSR count). The monoisotopic (exact) mass is 291 g/mol. The van der Waals surface area contributed by atoms with Crippen LogP contribution in [0.15, 0.2) is 30.3 Å². The SMILES string of the molecule is CCC(C)C(C(=O)N1CCOCC1CO)c1ccccc1. The van der Waals surface area contributed by atoms with E-state index in [2.05, 4.69) is 13.8 Å². The van der Waals surface area contributed by atoms with E-state index < -0.39 is 0 Å². The molecule has 21 heavy (non-hydrogen) atoms. The molecule has 0 aliphatic carbocycles. The Hall–Kier alpha value is -1.39. The van der Waals surface area contributed by atoms with Gasteiger partial charge in [0.25, 0.3) is 0 Å². The number of benzene rings is 1. The van der Waals surface area contributed by atoms with Crippen LogP contribution in [0.3, 0.4) is 0 Å². The molecule has 0 aromatic heterocycles. The molecule has 1 N–H and O–H groups in total. The van der Waals surface area contributed by atoms with Gasteiger partial charge in [-0.2, -0.15) is 0 Å². The van der Waals surface area contributed by atoms with Gasteiger partial charge in [0.1, 0.15) is 0 Å². The van der Waals surface area contributed by atoms with Crippen molar-refractivity contribution in [3.05, 3.63) is 35.9 Å². The molecule has 1 aromatic carbocycles. The maximum absolute atomic E-state index is 13.0. The lowest BCUT2D eigenvalue weighted by molar-refractivity contribution is -0.144. The number of carbonyl (C=O) groups excluding carboxylic acids is 1. The first-order chi connectivity index (χ1) is 10.2. The summed E-state index contributed by atoms with van der Waals surface area (Å²) in [6.45, 7) is 5.70. The van der Waals surface area contributed by atoms with Crippen LogP contribution in [-0.2, 0) is 9.53 Å². The molecule has 1 saturated heterocycles. The second-order valence-electron chi connectivity index (χ2n) is 5.72. The molecular formula is C17H25NO3. The van der Waals surface area contributed by atoms with Crippen LogP contribution in [0.5, 0.6) is 0 Å². The minimum atomic E-state index is -0.221. The Morgan fingerprint density at radius 3 is 2.76 bits per heavy atom. The zero-order valence-electron chi connectivity index (χ0n) is 12.9. The topological polar surface area (TPSA) is 49.8 Å². The van der Waals surface area contributed by atoms with Crippen molar-refractivity contribution in [2.75, 3.05) is 26.4 Å². The molecule has 0 radical (unpaired) electrons. The molecule has 3 unspecified atom stereocenters. The van der Waals surface area contributed by atoms with Gasteiger partial charge < -0.3 is 14.7 Å². The summed E-state index contributed by atoms with van der Waals surface area (Å²) >= 11 is 0. The Balaban J connectivity index is 2.25. The van der Waals surface area contributed by atoms with Gasteiger partial charge in [-0.25, -0.2) is 0 Å². The summed E-state index contributed by atoms with van der Waals surface area (Å²) in [5.41, 5.74) is 1.06. The number of hydrogen-bond acceptors (Lipinski definition) is 3. The summed E-state index contributed by atoms with van der Waals surface area (Å²) in [5, 5.41) is 9.48. The standard InChI is InChI=1S/C17H25NO3/c1-3-13(2)16(14-7-5-4-6-8-14)17(20)18-9-10-21-12-15(18)11-19/h4-8,13,15-16,19H,3,9-12H2,1-2H3. The first kappa shape index (κ1) is 16.0. The van der Waals surface area contributed by atoms with Gasteiger partial charge in [0.2, 0.25) is 5.91 Å². The quantitative estimate of drug-likeness (QED) is 0.903. The summed E-state index contributed by atoms with van der Waals surface area (Å²) in [5.74, 6) is 0.225. The van der Waals surface area contributed by atoms with E-state index in [-0.39, 0.29) is 30.4 Å². The zero-order chi connectivity index (χ0) is 15.2. The fourth-order valence-electron chi connectivity index (χ4n) is 2.89. The Morgan fingerprint density at radius 2 is 2.14 bits per heavy atom. The fourth-order valence-corrected chi connectivity index (χ4v) is 2.89. The van der Waals surface area contributed by atoms with Crippen LogP contribution in [0.1, 0.15) is 31.7 Å². The molecule has 4 heteroatoms. The number of hydrogen-bond donors (Lipinski definition) is 1. The molecule has 4 nitrogen and oxygen atoms in total. The molecule has 1 heterocycles. The van der Waals surface area contributed by atoms with Gasteiger partial charge in [0.05, 0.1) is 31.8 Å². The number of ether oxygens (including phenoxy) is 1. The Morgan fingerprint density at radius 1 is 1.43 bits per heavy atom. The van der Waals surface area contributed by atoms with Crippen LogP contribution in [0.2, 0.25) is 0 Å². The number of nitrogens with zero attached hydrogens (tertiary/aromatic N) is 1. The normalized spacial score (nSPS) is 21.9. The smallest absolute Gasteiger partial charge is 0.230 e. The molecular weight excluding hydrogens is 266 g/mol. The van der Waals surface area contributed by atoms with Crippen molar-refractivity contribution in [3.8, 4) is 0 Å². The minimum Gasteiger partial charge on any atom is -0.394 e. The third-order valence-corrected chi connectivity index (χ3v) is 4.36. The molecule has 3 atom stereocenters. The van der Waals surface area contributed by atoms with Gasteiger partial charge in [-0.15, -0.1) is 0 Å². The molecule has 1 aromatic rings. The average Bonchev–Trinajstić information content (AvgIpc) is 2.55. The summed E-state index contributed by atoms with van der Waals surface area (Å²) < 4.78 is 5.37. The highest BCUT2D eigenvalue weighted by Crippen LogP contribution is 2.30. The van der Waals surface area contributed by atoms with Crippen molar-refractivity contribution in [2.45, 2.75) is 32.2 Å². The first-order valence-electron chi connectivity index (χ1n) is 7.73. The first-order valence-corrected chi connectivity index (χ1v) is 7.73. The summed E-state index contributed by atoms with van der Waals surface area (Å²) in [4.78, 5) is 14.8. The number of morpholine rings is 1. The van der Waals surface area contributed by atoms with E-state index in [4.69, 9.17) is 4.74 Å². The number of aliphatic hydroxyl groups is 1. The maximum Gasteiger partial charge on any atom is 0.230 e. The Kier molecular flexibility index (Phi) is 5.76. The number of rotatable bonds is 5. The van der Waals surface area contributed by atoms with E-state index in [0.29, 0.717) is 19.8 Å². The molecule has 1 fully saturated rings. The van der Waals surface area contributed by atoms with Gasteiger partial charge >= 0.3 is 0 Å². The lowest BCUT2D eigenvalue weighted by Gasteiger charge is -2.38. The van der Waals surface area contributed by atoms with Crippen LogP contribution in [0.25, 0.3) is 0 Å². The predicted octanol–water partition coefficient (Wildman–Crippen LogP) is 2.04. The highest BCUT2D eigenvalue weighted by atomic mass is 16.5. The van der Waals surface area contributed by atoms with E-state index >= 15 is 0 Å². The van der Waals surface area contributed by atoms with E-state index in [1.165, 1.54) is 0 Å². The number of aliphatic hydroxyl groups excluding tert-OH is 1. The fraction of sp³-hybridized carbons (Fsp3) is 0.588. The van der Waals surface area contributed by atoms with Crippen molar-refractivity contribution in [2.24, 2.45) is 5.92 Å². The maximum atomic E-state index is 13.0. The third-order valence-electron chi connectivity index (χ3n) is 4.36. The van der Waals surface area contributed by atoms with Crippen molar-refractivity contribution in [1.82, 2.24) is 4.90 Å². The van der Waals surface area contributed by atoms with Crippen LogP contribution >= 0.6 is 0 Å². The molecule has 0 saturated carbocycles. The highest BCUT2D eigenvalue weighted by molar-refractivity contribution is 5.84. The zero-order valence-corrected chi connectivity index (χ0v) is 12.9. The largest absolute Gasteiger partial charge is 0.394 e. The molecule has 1 amide bonds. The lowest BCUT2D eigenvalue weighted by atomic mass is 9.84. The molecule has 1 aliphatic rings. The van der Waals surface area contributed by atoms with Crippen LogP contribution in [0, 0.1) is 5.92 Å². The van der Waals surface area contributed by atoms with Gasteiger partial charge in [-0.3, -0.25) is 4.79 Å². The van der Waals surface area contributed by atoms with Crippen molar-refractivity contribution in [3.63, 3.8) is 0 Å². The van der Waals surface area contributed by atoms with Crippen LogP contribution in [0.4, 0.5) is 0 Å². The summed E-state index contributed by atoms with van der Waals surface area (Å²) in [6.07, 6.45) is 0.944. The Labute approximate surface area is 126 Å². The number of amides is 1. The summed E-state index contributed by atoms with van der Waals surface area (Å²) in [6, 6.07) is 9.72. The molecule has 116 valence electrons. The van der Waals surface area contributed by atoms with E-state index in [1.807, 2.05) is 30.3 Å². The lowest BCUT2D eigenvalue weighted by Crippen LogP contribution is -2.52. The van der Waals surface area contributed by atoms with Gasteiger partial charge in [0.15, 0.2) is 0 Å². The number of carbonyl (C=O) groups is 1. The average molecular weight is 291 g/mol. The van der Waals surface area contributed by atoms with Gasteiger partial charge in [0, 0.05) is 6.54 Å². The summed E-state index contributed by atoms with van der Waals surface area (Å²) in [7, 11) is 0. The van der Waals surface area contributed by atoms with Gasteiger partial charge in [-0.05, 0) is 11.5 Å². The Bertz CT molecular complexity index is 449. The molecule has 0 spiro atoms. The van der Waals surface area contributed by atoms with E-state index in [9.17, 15) is 9.90 Å². The second-order valence-corrected chi connectivity index (χ2v) is 5.72. The third kappa shape index (κ3) is 3.63. The van der Waals surface area contributed by atoms with Crippen molar-refractivity contribution >= 4 is 5.91 Å². The van der Waals surface area contributed by atoms with Crippen molar-refractivity contribution in [1.29, 1.82) is 0 Å². The van der Waals surface area contributed by atoms with E-state index in [1.54, 1.807) is 4.90 Å². The molecule has 0 bridgehead atoms. The van der Waals surface area contributed by atoms with Crippen LogP contribution in [-0.4, -0.2) is 48.3 Å². The van der Waals surface area contributed by atoms with Gasteiger partial charge in [-0.1, -0.05) is 50.6 Å². The second kappa shape index (κ2) is 7.57. The van der Waals surface area contributed by atoms with Crippen LogP contribution < -0.4 is 0 Å². The van der Waals surface area contributed by atoms with E-state index in [0.717, 1.165) is 12.0 Å². The predicted molar refractivity (Wildman–Crippen MR) is 82.0 cm³/mol. The minimum absolute atomic E-state index is 0.0479. The van der Waals surface area contributed by atoms with Crippen molar-refractivity contribution < 1.29 is 14.6 Å². The highest BCUT2D eigenvalue weighted by Gasteiger charge is 2.34. The molecule has 1 aliphatic heterocycles.